The Morgan fingerprint density at radius 2 is 1.64 bits per heavy atom. The summed E-state index contributed by atoms with van der Waals surface area (Å²) in [4.78, 5) is 23.1. The Labute approximate surface area is 255 Å². The summed E-state index contributed by atoms with van der Waals surface area (Å²) in [6.07, 6.45) is 6.17. The predicted molar refractivity (Wildman–Crippen MR) is 170 cm³/mol. The molecule has 0 atom stereocenters. The van der Waals surface area contributed by atoms with Crippen molar-refractivity contribution in [3.63, 3.8) is 0 Å². The van der Waals surface area contributed by atoms with Crippen LogP contribution < -0.4 is 11.1 Å². The standard InChI is InChI=1S/C29H35BrN8.C2H4O2/c1-36-14-16-37(17-15-36)23-10-12-24(13-11-23)38-29-26(28(31)33-19-34-29)27(35-38)20-6-8-22(9-7-20)32-18-21-4-2-3-5-25(21)30;1-2(3)4/h2-9,19,23-24,32H,10-18H2,1H3,(H2,31,33,34);1H3,(H,3,4)/t23-,24-;. The number of carbonyl (C=O) groups is 1. The zero-order valence-corrected chi connectivity index (χ0v) is 25.8. The van der Waals surface area contributed by atoms with E-state index in [9.17, 15) is 0 Å². The molecular formula is C31H39BrN8O2. The second-order valence-corrected chi connectivity index (χ2v) is 11.9. The molecule has 4 N–H and O–H groups in total. The van der Waals surface area contributed by atoms with E-state index in [4.69, 9.17) is 20.7 Å². The number of nitrogen functional groups attached to an aromatic ring is 1. The van der Waals surface area contributed by atoms with Crippen LogP contribution in [-0.2, 0) is 11.3 Å². The first-order valence-corrected chi connectivity index (χ1v) is 15.3. The number of aromatic nitrogens is 4. The second-order valence-electron chi connectivity index (χ2n) is 11.1. The second kappa shape index (κ2) is 13.6. The van der Waals surface area contributed by atoms with Gasteiger partial charge in [0.2, 0.25) is 0 Å². The minimum atomic E-state index is -0.833. The number of piperazine rings is 1. The van der Waals surface area contributed by atoms with E-state index in [0.717, 1.165) is 58.8 Å². The number of likely N-dealkylation sites (N-methyl/N-ethyl adjacent to an activating group) is 1. The maximum absolute atomic E-state index is 9.00. The van der Waals surface area contributed by atoms with E-state index in [1.165, 1.54) is 44.6 Å². The number of rotatable bonds is 6. The van der Waals surface area contributed by atoms with Crippen LogP contribution in [0.2, 0.25) is 0 Å². The molecule has 1 aliphatic heterocycles. The molecule has 0 spiro atoms. The number of carboxylic acid groups (broad SMARTS) is 1. The minimum absolute atomic E-state index is 0.328. The van der Waals surface area contributed by atoms with E-state index in [1.54, 1.807) is 6.33 Å². The lowest BCUT2D eigenvalue weighted by molar-refractivity contribution is -0.134. The molecule has 4 aromatic rings. The average Bonchev–Trinajstić information content (AvgIpc) is 3.38. The Hall–Kier alpha value is -3.54. The number of carboxylic acids is 1. The highest BCUT2D eigenvalue weighted by atomic mass is 79.9. The maximum atomic E-state index is 9.00. The summed E-state index contributed by atoms with van der Waals surface area (Å²) in [6, 6.07) is 17.7. The number of benzene rings is 2. The van der Waals surface area contributed by atoms with Gasteiger partial charge in [0.1, 0.15) is 17.8 Å². The van der Waals surface area contributed by atoms with Crippen LogP contribution in [0.15, 0.2) is 59.3 Å². The van der Waals surface area contributed by atoms with Gasteiger partial charge in [-0.2, -0.15) is 5.10 Å². The summed E-state index contributed by atoms with van der Waals surface area (Å²) in [7, 11) is 2.22. The van der Waals surface area contributed by atoms with Gasteiger partial charge in [0.15, 0.2) is 5.65 Å². The largest absolute Gasteiger partial charge is 0.481 e. The smallest absolute Gasteiger partial charge is 0.300 e. The van der Waals surface area contributed by atoms with Crippen LogP contribution in [0.25, 0.3) is 22.3 Å². The summed E-state index contributed by atoms with van der Waals surface area (Å²) in [5.74, 6) is -0.349. The number of hydrogen-bond acceptors (Lipinski definition) is 8. The molecule has 1 aliphatic carbocycles. The molecule has 0 unspecified atom stereocenters. The van der Waals surface area contributed by atoms with Crippen LogP contribution in [0.3, 0.4) is 0 Å². The van der Waals surface area contributed by atoms with E-state index in [-0.39, 0.29) is 0 Å². The van der Waals surface area contributed by atoms with E-state index < -0.39 is 5.97 Å². The van der Waals surface area contributed by atoms with Crippen LogP contribution in [0.5, 0.6) is 0 Å². The van der Waals surface area contributed by atoms with Crippen molar-refractivity contribution in [2.75, 3.05) is 44.3 Å². The van der Waals surface area contributed by atoms with Gasteiger partial charge in [-0.25, -0.2) is 14.6 Å². The van der Waals surface area contributed by atoms with E-state index >= 15 is 0 Å². The Kier molecular flexibility index (Phi) is 9.71. The fraction of sp³-hybridized carbons (Fsp3) is 0.419. The van der Waals surface area contributed by atoms with Crippen molar-refractivity contribution in [3.8, 4) is 11.3 Å². The lowest BCUT2D eigenvalue weighted by atomic mass is 9.90. The molecule has 42 heavy (non-hydrogen) atoms. The normalized spacial score (nSPS) is 19.7. The van der Waals surface area contributed by atoms with Gasteiger partial charge in [0, 0.05) is 61.4 Å². The zero-order chi connectivity index (χ0) is 29.6. The molecular weight excluding hydrogens is 596 g/mol. The van der Waals surface area contributed by atoms with Gasteiger partial charge in [-0.05, 0) is 56.5 Å². The van der Waals surface area contributed by atoms with Crippen molar-refractivity contribution < 1.29 is 9.90 Å². The topological polar surface area (TPSA) is 125 Å². The van der Waals surface area contributed by atoms with Crippen molar-refractivity contribution in [2.45, 2.75) is 51.2 Å². The van der Waals surface area contributed by atoms with Crippen LogP contribution in [-0.4, -0.2) is 79.9 Å². The molecule has 1 saturated carbocycles. The van der Waals surface area contributed by atoms with Crippen molar-refractivity contribution in [3.05, 3.63) is 64.9 Å². The Morgan fingerprint density at radius 1 is 1.00 bits per heavy atom. The molecule has 3 heterocycles. The molecule has 2 aromatic heterocycles. The van der Waals surface area contributed by atoms with Gasteiger partial charge in [-0.1, -0.05) is 46.3 Å². The molecule has 222 valence electrons. The lowest BCUT2D eigenvalue weighted by Gasteiger charge is -2.41. The van der Waals surface area contributed by atoms with Crippen molar-refractivity contribution in [1.29, 1.82) is 0 Å². The first-order chi connectivity index (χ1) is 20.3. The summed E-state index contributed by atoms with van der Waals surface area (Å²) < 4.78 is 3.23. The minimum Gasteiger partial charge on any atom is -0.481 e. The van der Waals surface area contributed by atoms with Gasteiger partial charge in [-0.3, -0.25) is 9.69 Å². The molecule has 1 saturated heterocycles. The molecule has 2 aliphatic rings. The zero-order valence-electron chi connectivity index (χ0n) is 24.2. The molecule has 6 rings (SSSR count). The van der Waals surface area contributed by atoms with Crippen LogP contribution in [0, 0.1) is 0 Å². The molecule has 0 amide bonds. The number of nitrogens with two attached hydrogens (primary N) is 1. The summed E-state index contributed by atoms with van der Waals surface area (Å²) in [5.41, 5.74) is 11.4. The van der Waals surface area contributed by atoms with E-state index in [1.807, 2.05) is 6.07 Å². The molecule has 0 bridgehead atoms. The average molecular weight is 636 g/mol. The Morgan fingerprint density at radius 3 is 2.31 bits per heavy atom. The van der Waals surface area contributed by atoms with Crippen LogP contribution >= 0.6 is 15.9 Å². The molecule has 11 heteroatoms. The van der Waals surface area contributed by atoms with E-state index in [0.29, 0.717) is 17.9 Å². The summed E-state index contributed by atoms with van der Waals surface area (Å²) in [5, 5.41) is 16.9. The van der Waals surface area contributed by atoms with Gasteiger partial charge < -0.3 is 21.1 Å². The van der Waals surface area contributed by atoms with Gasteiger partial charge in [0.25, 0.3) is 5.97 Å². The number of halogens is 1. The number of hydrogen-bond donors (Lipinski definition) is 3. The number of aliphatic carboxylic acids is 1. The highest BCUT2D eigenvalue weighted by Crippen LogP contribution is 2.37. The third-order valence-electron chi connectivity index (χ3n) is 8.18. The quantitative estimate of drug-likeness (QED) is 0.260. The first kappa shape index (κ1) is 29.9. The monoisotopic (exact) mass is 634 g/mol. The highest BCUT2D eigenvalue weighted by Gasteiger charge is 2.30. The Balaban J connectivity index is 0.000000830. The summed E-state index contributed by atoms with van der Waals surface area (Å²) in [6.45, 7) is 6.52. The maximum Gasteiger partial charge on any atom is 0.300 e. The Bertz CT molecular complexity index is 1490. The van der Waals surface area contributed by atoms with Crippen LogP contribution in [0.4, 0.5) is 11.5 Å². The van der Waals surface area contributed by atoms with Gasteiger partial charge in [0.05, 0.1) is 11.4 Å². The summed E-state index contributed by atoms with van der Waals surface area (Å²) >= 11 is 3.62. The fourth-order valence-corrected chi connectivity index (χ4v) is 6.32. The molecule has 2 fully saturated rings. The number of anilines is 2. The van der Waals surface area contributed by atoms with E-state index in [2.05, 4.69) is 95.2 Å². The van der Waals surface area contributed by atoms with Gasteiger partial charge >= 0.3 is 0 Å². The third-order valence-corrected chi connectivity index (χ3v) is 8.96. The van der Waals surface area contributed by atoms with Crippen LogP contribution in [0.1, 0.15) is 44.2 Å². The SMILES string of the molecule is CC(=O)O.CN1CCN([C@H]2CC[C@H](n3nc(-c4ccc(NCc5ccccc5Br)cc4)c4c(N)ncnc43)CC2)CC1. The van der Waals surface area contributed by atoms with Crippen molar-refractivity contribution in [2.24, 2.45) is 0 Å². The lowest BCUT2D eigenvalue weighted by Crippen LogP contribution is -2.49. The number of nitrogens with one attached hydrogen (secondary N) is 1. The molecule has 2 aromatic carbocycles. The first-order valence-electron chi connectivity index (χ1n) is 14.5. The highest BCUT2D eigenvalue weighted by molar-refractivity contribution is 9.10. The van der Waals surface area contributed by atoms with Gasteiger partial charge in [-0.15, -0.1) is 0 Å². The third kappa shape index (κ3) is 7.08. The van der Waals surface area contributed by atoms with Crippen molar-refractivity contribution >= 4 is 44.4 Å². The fourth-order valence-electron chi connectivity index (χ4n) is 5.89. The molecule has 10 nitrogen and oxygen atoms in total. The van der Waals surface area contributed by atoms with Crippen molar-refractivity contribution in [1.82, 2.24) is 29.5 Å². The predicted octanol–water partition coefficient (Wildman–Crippen LogP) is 5.27. The number of nitrogens with zero attached hydrogens (tertiary/aromatic N) is 6. The molecule has 0 radical (unpaired) electrons. The number of fused-ring (bicyclic) bond motifs is 1.